The first kappa shape index (κ1) is 15.4. The van der Waals surface area contributed by atoms with E-state index in [2.05, 4.69) is 13.3 Å². The van der Waals surface area contributed by atoms with Gasteiger partial charge >= 0.3 is 0 Å². The van der Waals surface area contributed by atoms with Crippen molar-refractivity contribution in [3.8, 4) is 0 Å². The minimum absolute atomic E-state index is 0.148. The maximum absolute atomic E-state index is 10.8. The highest BCUT2D eigenvalue weighted by atomic mass is 31.2. The normalized spacial score (nSPS) is 35.3. The standard InChI is InChI=1S/C18H25N2O2P/c1-23(2,19-16-3-5-17(6-4-16)20(21)22)18-10-13-7-14(11-18)9-15(8-13)12-18/h3-6,13-15H,7-12H2,1-2H3. The van der Waals surface area contributed by atoms with Crippen molar-refractivity contribution >= 4 is 18.4 Å². The van der Waals surface area contributed by atoms with Crippen LogP contribution in [-0.4, -0.2) is 23.4 Å². The quantitative estimate of drug-likeness (QED) is 0.407. The van der Waals surface area contributed by atoms with Crippen LogP contribution in [0.4, 0.5) is 11.4 Å². The van der Waals surface area contributed by atoms with Crippen LogP contribution in [0.2, 0.25) is 0 Å². The summed E-state index contributed by atoms with van der Waals surface area (Å²) < 4.78 is 5.17. The first-order valence-electron chi connectivity index (χ1n) is 8.69. The lowest BCUT2D eigenvalue weighted by Crippen LogP contribution is -2.49. The van der Waals surface area contributed by atoms with Gasteiger partial charge in [0.1, 0.15) is 0 Å². The van der Waals surface area contributed by atoms with Crippen LogP contribution in [0.15, 0.2) is 29.0 Å². The number of non-ortho nitro benzene ring substituents is 1. The van der Waals surface area contributed by atoms with Gasteiger partial charge in [-0.05, 0) is 88.8 Å². The van der Waals surface area contributed by atoms with Crippen LogP contribution in [0.25, 0.3) is 0 Å². The average molecular weight is 332 g/mol. The lowest BCUT2D eigenvalue weighted by molar-refractivity contribution is -0.384. The Balaban J connectivity index is 1.68. The van der Waals surface area contributed by atoms with E-state index in [9.17, 15) is 10.1 Å². The Hall–Kier alpha value is -1.15. The Kier molecular flexibility index (Phi) is 3.46. The molecule has 0 unspecified atom stereocenters. The van der Waals surface area contributed by atoms with Crippen molar-refractivity contribution in [2.45, 2.75) is 43.7 Å². The number of benzene rings is 1. The number of nitro groups is 1. The van der Waals surface area contributed by atoms with Gasteiger partial charge in [-0.15, -0.1) is 0 Å². The van der Waals surface area contributed by atoms with Gasteiger partial charge in [-0.2, -0.15) is 0 Å². The van der Waals surface area contributed by atoms with Crippen LogP contribution < -0.4 is 0 Å². The SMILES string of the molecule is CP(C)(=Nc1ccc([N+](=O)[O-])cc1)C12CC3CC(CC(C3)C1)C2. The summed E-state index contributed by atoms with van der Waals surface area (Å²) in [7, 11) is -1.45. The first-order chi connectivity index (χ1) is 10.9. The van der Waals surface area contributed by atoms with Gasteiger partial charge in [0, 0.05) is 17.3 Å². The number of nitrogens with zero attached hydrogens (tertiary/aromatic N) is 2. The molecule has 5 heteroatoms. The molecule has 0 radical (unpaired) electrons. The Morgan fingerprint density at radius 3 is 1.96 bits per heavy atom. The highest BCUT2D eigenvalue weighted by Crippen LogP contribution is 2.71. The van der Waals surface area contributed by atoms with Gasteiger partial charge < -0.3 is 0 Å². The molecule has 5 rings (SSSR count). The molecule has 4 bridgehead atoms. The molecule has 4 aliphatic carbocycles. The summed E-state index contributed by atoms with van der Waals surface area (Å²) in [6, 6.07) is 6.80. The molecule has 0 heterocycles. The summed E-state index contributed by atoms with van der Waals surface area (Å²) in [6.45, 7) is 4.78. The second-order valence-corrected chi connectivity index (χ2v) is 12.3. The molecule has 23 heavy (non-hydrogen) atoms. The van der Waals surface area contributed by atoms with E-state index in [0.717, 1.165) is 23.4 Å². The van der Waals surface area contributed by atoms with E-state index in [-0.39, 0.29) is 10.6 Å². The van der Waals surface area contributed by atoms with E-state index in [4.69, 9.17) is 4.74 Å². The van der Waals surface area contributed by atoms with Crippen molar-refractivity contribution in [2.24, 2.45) is 22.5 Å². The lowest BCUT2D eigenvalue weighted by atomic mass is 9.56. The molecule has 1 aromatic carbocycles. The molecule has 4 saturated carbocycles. The zero-order valence-corrected chi connectivity index (χ0v) is 14.8. The maximum atomic E-state index is 10.8. The van der Waals surface area contributed by atoms with Crippen LogP contribution in [-0.2, 0) is 0 Å². The molecule has 4 fully saturated rings. The summed E-state index contributed by atoms with van der Waals surface area (Å²) in [4.78, 5) is 10.5. The fourth-order valence-electron chi connectivity index (χ4n) is 5.77. The number of hydrogen-bond donors (Lipinski definition) is 0. The molecule has 0 amide bonds. The summed E-state index contributed by atoms with van der Waals surface area (Å²) >= 11 is 0. The fourth-order valence-corrected chi connectivity index (χ4v) is 8.81. The zero-order chi connectivity index (χ0) is 16.2. The average Bonchev–Trinajstić information content (AvgIpc) is 2.45. The largest absolute Gasteiger partial charge is 0.269 e. The van der Waals surface area contributed by atoms with Crippen molar-refractivity contribution in [1.82, 2.24) is 0 Å². The topological polar surface area (TPSA) is 55.5 Å². The van der Waals surface area contributed by atoms with Crippen molar-refractivity contribution in [1.29, 1.82) is 0 Å². The van der Waals surface area contributed by atoms with Gasteiger partial charge in [0.25, 0.3) is 5.69 Å². The molecule has 0 spiro atoms. The predicted molar refractivity (Wildman–Crippen MR) is 94.9 cm³/mol. The van der Waals surface area contributed by atoms with E-state index in [1.54, 1.807) is 12.1 Å². The molecule has 4 aliphatic rings. The Labute approximate surface area is 137 Å². The van der Waals surface area contributed by atoms with Crippen molar-refractivity contribution in [2.75, 3.05) is 13.3 Å². The molecule has 1 aromatic rings. The number of rotatable bonds is 3. The Morgan fingerprint density at radius 2 is 1.52 bits per heavy atom. The van der Waals surface area contributed by atoms with Crippen LogP contribution in [0.1, 0.15) is 38.5 Å². The van der Waals surface area contributed by atoms with Gasteiger partial charge in [-0.25, -0.2) is 0 Å². The van der Waals surface area contributed by atoms with Crippen molar-refractivity contribution in [3.05, 3.63) is 34.4 Å². The van der Waals surface area contributed by atoms with Crippen LogP contribution in [0.3, 0.4) is 0 Å². The van der Waals surface area contributed by atoms with Gasteiger partial charge in [0.2, 0.25) is 0 Å². The molecular weight excluding hydrogens is 307 g/mol. The second kappa shape index (κ2) is 5.17. The molecule has 4 nitrogen and oxygen atoms in total. The number of hydrogen-bond acceptors (Lipinski definition) is 3. The molecule has 0 N–H and O–H groups in total. The van der Waals surface area contributed by atoms with E-state index < -0.39 is 7.05 Å². The maximum Gasteiger partial charge on any atom is 0.269 e. The highest BCUT2D eigenvalue weighted by Gasteiger charge is 2.54. The van der Waals surface area contributed by atoms with E-state index in [0.29, 0.717) is 5.16 Å². The third-order valence-corrected chi connectivity index (χ3v) is 10.2. The molecular formula is C18H25N2O2P. The Morgan fingerprint density at radius 1 is 1.04 bits per heavy atom. The first-order valence-corrected chi connectivity index (χ1v) is 11.3. The van der Waals surface area contributed by atoms with Crippen molar-refractivity contribution < 1.29 is 4.92 Å². The monoisotopic (exact) mass is 332 g/mol. The van der Waals surface area contributed by atoms with Crippen molar-refractivity contribution in [3.63, 3.8) is 0 Å². The summed E-state index contributed by atoms with van der Waals surface area (Å²) in [5, 5.41) is 11.3. The summed E-state index contributed by atoms with van der Waals surface area (Å²) in [5.41, 5.74) is 1.07. The van der Waals surface area contributed by atoms with Crippen LogP contribution >= 0.6 is 7.05 Å². The highest BCUT2D eigenvalue weighted by molar-refractivity contribution is 7.66. The minimum Gasteiger partial charge on any atom is -0.268 e. The molecule has 0 aliphatic heterocycles. The van der Waals surface area contributed by atoms with E-state index in [1.165, 1.54) is 38.5 Å². The number of nitro benzene ring substituents is 1. The fraction of sp³-hybridized carbons (Fsp3) is 0.667. The molecule has 124 valence electrons. The van der Waals surface area contributed by atoms with Gasteiger partial charge in [-0.3, -0.25) is 14.9 Å². The van der Waals surface area contributed by atoms with Crippen LogP contribution in [0.5, 0.6) is 0 Å². The third-order valence-electron chi connectivity index (χ3n) is 6.59. The van der Waals surface area contributed by atoms with Gasteiger partial charge in [0.05, 0.1) is 10.6 Å². The smallest absolute Gasteiger partial charge is 0.268 e. The molecule has 0 saturated heterocycles. The molecule has 0 aromatic heterocycles. The summed E-state index contributed by atoms with van der Waals surface area (Å²) in [5.74, 6) is 2.81. The predicted octanol–water partition coefficient (Wildman–Crippen LogP) is 5.66. The van der Waals surface area contributed by atoms with E-state index in [1.807, 2.05) is 12.1 Å². The zero-order valence-electron chi connectivity index (χ0n) is 13.9. The second-order valence-electron chi connectivity index (χ2n) is 8.41. The molecule has 0 atom stereocenters. The van der Waals surface area contributed by atoms with Crippen LogP contribution in [0, 0.1) is 27.9 Å². The van der Waals surface area contributed by atoms with Gasteiger partial charge in [-0.1, -0.05) is 0 Å². The minimum atomic E-state index is -1.45. The third kappa shape index (κ3) is 2.55. The van der Waals surface area contributed by atoms with Gasteiger partial charge in [0.15, 0.2) is 0 Å². The van der Waals surface area contributed by atoms with E-state index >= 15 is 0 Å². The lowest BCUT2D eigenvalue weighted by Gasteiger charge is -2.59. The Bertz CT molecular complexity index is 654. The summed E-state index contributed by atoms with van der Waals surface area (Å²) in [6.07, 6.45) is 8.48.